The number of aromatic hydroxyl groups is 1. The Hall–Kier alpha value is -3.74. The number of hydrogen-bond acceptors (Lipinski definition) is 5. The minimum absolute atomic E-state index is 0.126. The summed E-state index contributed by atoms with van der Waals surface area (Å²) in [5.41, 5.74) is 4.08. The lowest BCUT2D eigenvalue weighted by molar-refractivity contribution is 0.0240. The number of amides is 1. The molecule has 1 aliphatic heterocycles. The van der Waals surface area contributed by atoms with E-state index in [1.807, 2.05) is 56.0 Å². The molecule has 3 aromatic rings. The lowest BCUT2D eigenvalue weighted by Crippen LogP contribution is -2.50. The van der Waals surface area contributed by atoms with Gasteiger partial charge in [0.25, 0.3) is 0 Å². The molecule has 0 aromatic heterocycles. The molecule has 39 heavy (non-hydrogen) atoms. The average Bonchev–Trinajstić information content (AvgIpc) is 2.92. The number of anilines is 1. The van der Waals surface area contributed by atoms with Crippen molar-refractivity contribution in [2.45, 2.75) is 51.0 Å². The third kappa shape index (κ3) is 5.68. The summed E-state index contributed by atoms with van der Waals surface area (Å²) in [4.78, 5) is 16.1. The van der Waals surface area contributed by atoms with Gasteiger partial charge < -0.3 is 24.4 Å². The Morgan fingerprint density at radius 1 is 0.974 bits per heavy atom. The number of fused-ring (bicyclic) bond motifs is 1. The number of halogens is 1. The van der Waals surface area contributed by atoms with Crippen molar-refractivity contribution in [2.75, 3.05) is 38.2 Å². The van der Waals surface area contributed by atoms with Crippen LogP contribution in [0.2, 0.25) is 0 Å². The topological polar surface area (TPSA) is 62.2 Å². The van der Waals surface area contributed by atoms with E-state index in [1.54, 1.807) is 30.2 Å². The van der Waals surface area contributed by atoms with Gasteiger partial charge in [-0.3, -0.25) is 0 Å². The van der Waals surface area contributed by atoms with Crippen LogP contribution in [0.15, 0.2) is 60.7 Å². The number of ether oxygens (including phenoxy) is 2. The first-order valence-corrected chi connectivity index (χ1v) is 13.6. The molecule has 6 nitrogen and oxygen atoms in total. The number of phenols is 1. The molecule has 206 valence electrons. The van der Waals surface area contributed by atoms with E-state index in [0.717, 1.165) is 29.5 Å². The van der Waals surface area contributed by atoms with E-state index in [4.69, 9.17) is 9.47 Å². The SMILES string of the molecule is COc1cc(N2CCN(C(=O)OC(C)(C)C)CC2)c(F)cc1[C@@H]1c2ccc(O)cc2CC[C@@H]1c1ccccc1. The first-order chi connectivity index (χ1) is 18.6. The largest absolute Gasteiger partial charge is 0.508 e. The van der Waals surface area contributed by atoms with Gasteiger partial charge in [-0.25, -0.2) is 9.18 Å². The van der Waals surface area contributed by atoms with Gasteiger partial charge in [-0.2, -0.15) is 0 Å². The highest BCUT2D eigenvalue weighted by Crippen LogP contribution is 2.50. The van der Waals surface area contributed by atoms with E-state index < -0.39 is 5.60 Å². The number of hydrogen-bond donors (Lipinski definition) is 1. The molecule has 1 N–H and O–H groups in total. The highest BCUT2D eigenvalue weighted by atomic mass is 19.1. The average molecular weight is 533 g/mol. The Bertz CT molecular complexity index is 1330. The fraction of sp³-hybridized carbons (Fsp3) is 0.406. The van der Waals surface area contributed by atoms with Gasteiger partial charge in [0.1, 0.15) is 22.9 Å². The highest BCUT2D eigenvalue weighted by molar-refractivity contribution is 5.69. The molecule has 1 aliphatic carbocycles. The molecule has 1 fully saturated rings. The maximum atomic E-state index is 15.9. The minimum Gasteiger partial charge on any atom is -0.508 e. The number of carbonyl (C=O) groups excluding carboxylic acids is 1. The van der Waals surface area contributed by atoms with Gasteiger partial charge in [-0.05, 0) is 74.4 Å². The van der Waals surface area contributed by atoms with Crippen molar-refractivity contribution in [3.8, 4) is 11.5 Å². The van der Waals surface area contributed by atoms with E-state index in [9.17, 15) is 9.90 Å². The van der Waals surface area contributed by atoms with Gasteiger partial charge in [-0.1, -0.05) is 36.4 Å². The van der Waals surface area contributed by atoms with E-state index >= 15 is 4.39 Å². The van der Waals surface area contributed by atoms with Crippen LogP contribution in [0.5, 0.6) is 11.5 Å². The predicted molar refractivity (Wildman–Crippen MR) is 150 cm³/mol. The van der Waals surface area contributed by atoms with Crippen molar-refractivity contribution in [3.63, 3.8) is 0 Å². The van der Waals surface area contributed by atoms with E-state index in [2.05, 4.69) is 12.1 Å². The van der Waals surface area contributed by atoms with E-state index in [0.29, 0.717) is 37.6 Å². The predicted octanol–water partition coefficient (Wildman–Crippen LogP) is 6.46. The van der Waals surface area contributed by atoms with Crippen LogP contribution in [-0.4, -0.2) is 55.0 Å². The van der Waals surface area contributed by atoms with E-state index in [-0.39, 0.29) is 29.5 Å². The van der Waals surface area contributed by atoms with Gasteiger partial charge in [0, 0.05) is 43.7 Å². The Morgan fingerprint density at radius 3 is 2.36 bits per heavy atom. The van der Waals surface area contributed by atoms with Crippen molar-refractivity contribution < 1.29 is 23.8 Å². The van der Waals surface area contributed by atoms with Crippen molar-refractivity contribution >= 4 is 11.8 Å². The molecule has 0 bridgehead atoms. The molecular weight excluding hydrogens is 495 g/mol. The van der Waals surface area contributed by atoms with Crippen molar-refractivity contribution in [3.05, 3.63) is 88.7 Å². The number of carbonyl (C=O) groups is 1. The van der Waals surface area contributed by atoms with Gasteiger partial charge in [0.2, 0.25) is 0 Å². The lowest BCUT2D eigenvalue weighted by Gasteiger charge is -2.38. The zero-order valence-electron chi connectivity index (χ0n) is 23.1. The monoisotopic (exact) mass is 532 g/mol. The summed E-state index contributed by atoms with van der Waals surface area (Å²) in [6.45, 7) is 7.44. The fourth-order valence-corrected chi connectivity index (χ4v) is 5.93. The summed E-state index contributed by atoms with van der Waals surface area (Å²) >= 11 is 0. The molecule has 0 spiro atoms. The van der Waals surface area contributed by atoms with Crippen LogP contribution in [-0.2, 0) is 11.2 Å². The number of piperazine rings is 1. The summed E-state index contributed by atoms with van der Waals surface area (Å²) in [6.07, 6.45) is 1.37. The van der Waals surface area contributed by atoms with Crippen LogP contribution < -0.4 is 9.64 Å². The minimum atomic E-state index is -0.558. The standard InChI is InChI=1S/C32H37FN2O4/c1-32(2,3)39-31(37)35-16-14-34(15-17-35)28-20-29(38-4)26(19-27(28)33)30-24(21-8-6-5-7-9-21)12-10-22-18-23(36)11-13-25(22)30/h5-9,11,13,18-20,24,30,36H,10,12,14-17H2,1-4H3/t24-,30+/m1/s1. The Balaban J connectivity index is 1.47. The molecule has 1 amide bonds. The second-order valence-electron chi connectivity index (χ2n) is 11.4. The number of methoxy groups -OCH3 is 1. The van der Waals surface area contributed by atoms with Crippen molar-refractivity contribution in [2.24, 2.45) is 0 Å². The number of phenolic OH excluding ortho intramolecular Hbond substituents is 1. The van der Waals surface area contributed by atoms with Gasteiger partial charge in [0.05, 0.1) is 12.8 Å². The smallest absolute Gasteiger partial charge is 0.410 e. The second-order valence-corrected chi connectivity index (χ2v) is 11.4. The summed E-state index contributed by atoms with van der Waals surface area (Å²) in [6, 6.07) is 19.3. The van der Waals surface area contributed by atoms with Crippen LogP contribution in [0, 0.1) is 5.82 Å². The van der Waals surface area contributed by atoms with Crippen LogP contribution in [0.25, 0.3) is 0 Å². The third-order valence-corrected chi connectivity index (χ3v) is 7.72. The Morgan fingerprint density at radius 2 is 1.69 bits per heavy atom. The molecule has 3 aromatic carbocycles. The van der Waals surface area contributed by atoms with Crippen molar-refractivity contribution in [1.82, 2.24) is 4.90 Å². The van der Waals surface area contributed by atoms with Gasteiger partial charge in [0.15, 0.2) is 0 Å². The lowest BCUT2D eigenvalue weighted by atomic mass is 9.69. The van der Waals surface area contributed by atoms with Crippen molar-refractivity contribution in [1.29, 1.82) is 0 Å². The molecule has 0 radical (unpaired) electrons. The zero-order valence-corrected chi connectivity index (χ0v) is 23.1. The first kappa shape index (κ1) is 26.9. The molecule has 0 unspecified atom stereocenters. The summed E-state index contributed by atoms with van der Waals surface area (Å²) < 4.78 is 27.3. The maximum absolute atomic E-state index is 15.9. The van der Waals surface area contributed by atoms with Crippen LogP contribution in [0.1, 0.15) is 61.3 Å². The second kappa shape index (κ2) is 10.8. The molecule has 2 aliphatic rings. The van der Waals surface area contributed by atoms with E-state index in [1.165, 1.54) is 5.56 Å². The maximum Gasteiger partial charge on any atom is 0.410 e. The zero-order chi connectivity index (χ0) is 27.7. The fourth-order valence-electron chi connectivity index (χ4n) is 5.93. The molecule has 7 heteroatoms. The number of nitrogens with zero attached hydrogens (tertiary/aromatic N) is 2. The highest BCUT2D eigenvalue weighted by Gasteiger charge is 2.35. The Kier molecular flexibility index (Phi) is 7.43. The molecule has 1 saturated heterocycles. The molecular formula is C32H37FN2O4. The van der Waals surface area contributed by atoms with Crippen LogP contribution in [0.4, 0.5) is 14.9 Å². The molecule has 1 heterocycles. The van der Waals surface area contributed by atoms with Crippen LogP contribution >= 0.6 is 0 Å². The van der Waals surface area contributed by atoms with Gasteiger partial charge in [-0.15, -0.1) is 0 Å². The summed E-state index contributed by atoms with van der Waals surface area (Å²) in [7, 11) is 1.62. The third-order valence-electron chi connectivity index (χ3n) is 7.72. The molecule has 2 atom stereocenters. The molecule has 5 rings (SSSR count). The summed E-state index contributed by atoms with van der Waals surface area (Å²) in [5, 5.41) is 10.1. The Labute approximate surface area is 230 Å². The normalized spacial score (nSPS) is 19.4. The quantitative estimate of drug-likeness (QED) is 0.418. The number of benzene rings is 3. The number of rotatable bonds is 4. The van der Waals surface area contributed by atoms with Crippen LogP contribution in [0.3, 0.4) is 0 Å². The van der Waals surface area contributed by atoms with Gasteiger partial charge >= 0.3 is 6.09 Å². The number of aryl methyl sites for hydroxylation is 1. The molecule has 0 saturated carbocycles. The first-order valence-electron chi connectivity index (χ1n) is 13.6. The summed E-state index contributed by atoms with van der Waals surface area (Å²) in [5.74, 6) is 0.575.